The maximum atomic E-state index is 13.2. The summed E-state index contributed by atoms with van der Waals surface area (Å²) in [4.78, 5) is 52.2. The van der Waals surface area contributed by atoms with E-state index in [0.717, 1.165) is 42.2 Å². The predicted molar refractivity (Wildman–Crippen MR) is 181 cm³/mol. The Hall–Kier alpha value is -2.62. The molecule has 42 heavy (non-hydrogen) atoms. The van der Waals surface area contributed by atoms with Crippen LogP contribution >= 0.6 is 68.5 Å². The lowest BCUT2D eigenvalue weighted by molar-refractivity contribution is -0.127. The van der Waals surface area contributed by atoms with Gasteiger partial charge in [-0.3, -0.25) is 19.3 Å². The van der Waals surface area contributed by atoms with Crippen molar-refractivity contribution in [2.24, 2.45) is 0 Å². The van der Waals surface area contributed by atoms with E-state index >= 15 is 0 Å². The minimum atomic E-state index is -0.609. The number of carbonyl (C=O) groups excluding carboxylic acids is 4. The third kappa shape index (κ3) is 8.48. The first-order valence-corrected chi connectivity index (χ1v) is 16.2. The van der Waals surface area contributed by atoms with Crippen molar-refractivity contribution in [3.63, 3.8) is 0 Å². The van der Waals surface area contributed by atoms with Crippen LogP contribution in [-0.2, 0) is 20.9 Å². The number of amides is 3. The quantitative estimate of drug-likeness (QED) is 0.0913. The van der Waals surface area contributed by atoms with Crippen LogP contribution in [0.1, 0.15) is 41.3 Å². The van der Waals surface area contributed by atoms with E-state index in [2.05, 4.69) is 50.5 Å². The molecule has 1 heterocycles. The molecule has 3 aromatic carbocycles. The van der Waals surface area contributed by atoms with E-state index in [4.69, 9.17) is 21.1 Å². The fourth-order valence-electron chi connectivity index (χ4n) is 3.84. The highest BCUT2D eigenvalue weighted by atomic mass is 127. The number of benzene rings is 3. The highest BCUT2D eigenvalue weighted by Gasteiger charge is 2.36. The number of esters is 1. The molecular weight excluding hydrogens is 806 g/mol. The van der Waals surface area contributed by atoms with Gasteiger partial charge in [-0.25, -0.2) is 4.79 Å². The highest BCUT2D eigenvalue weighted by Crippen LogP contribution is 2.36. The average molecular weight is 831 g/mol. The summed E-state index contributed by atoms with van der Waals surface area (Å²) < 4.78 is 13.1. The Kier molecular flexibility index (Phi) is 11.7. The Morgan fingerprint density at radius 3 is 2.57 bits per heavy atom. The second-order valence-electron chi connectivity index (χ2n) is 9.08. The normalized spacial score (nSPS) is 13.9. The van der Waals surface area contributed by atoms with Crippen LogP contribution in [0.4, 0.5) is 10.5 Å². The average Bonchev–Trinajstić information content (AvgIpc) is 3.21. The summed E-state index contributed by atoms with van der Waals surface area (Å²) >= 11 is 11.3. The fourth-order valence-corrected chi connectivity index (χ4v) is 6.91. The molecule has 218 valence electrons. The molecule has 4 rings (SSSR count). The number of unbranched alkanes of at least 4 members (excludes halogenated alkanes) is 1. The summed E-state index contributed by atoms with van der Waals surface area (Å²) in [6.07, 6.45) is 3.20. The van der Waals surface area contributed by atoms with Crippen LogP contribution < -0.4 is 10.1 Å². The second-order valence-corrected chi connectivity index (χ2v) is 12.9. The number of ether oxygens (including phenoxy) is 2. The van der Waals surface area contributed by atoms with E-state index in [0.29, 0.717) is 17.9 Å². The molecule has 8 nitrogen and oxygen atoms in total. The smallest absolute Gasteiger partial charge is 0.339 e. The van der Waals surface area contributed by atoms with Crippen LogP contribution in [0.15, 0.2) is 65.6 Å². The van der Waals surface area contributed by atoms with Gasteiger partial charge in [-0.1, -0.05) is 55.3 Å². The minimum absolute atomic E-state index is 0.108. The SMILES string of the molecule is CCCCOC(=O)c1cc(NC(=O)CN2C(=O)S/C(=C/c3cc(I)cc(I)c3OCc3ccccc3)C2=O)ccc1Cl. The molecule has 0 aliphatic carbocycles. The van der Waals surface area contributed by atoms with Gasteiger partial charge in [0.2, 0.25) is 5.91 Å². The fraction of sp³-hybridized carbons (Fsp3) is 0.200. The zero-order valence-corrected chi connectivity index (χ0v) is 28.2. The Morgan fingerprint density at radius 2 is 1.83 bits per heavy atom. The molecule has 0 radical (unpaired) electrons. The highest BCUT2D eigenvalue weighted by molar-refractivity contribution is 14.1. The second kappa shape index (κ2) is 15.2. The molecule has 1 fully saturated rings. The third-order valence-electron chi connectivity index (χ3n) is 5.93. The molecule has 3 aromatic rings. The van der Waals surface area contributed by atoms with Crippen LogP contribution in [0.2, 0.25) is 5.02 Å². The summed E-state index contributed by atoms with van der Waals surface area (Å²) in [6.45, 7) is 2.08. The predicted octanol–water partition coefficient (Wildman–Crippen LogP) is 7.76. The number of anilines is 1. The zero-order valence-electron chi connectivity index (χ0n) is 22.3. The topological polar surface area (TPSA) is 102 Å². The molecule has 0 bridgehead atoms. The standard InChI is InChI=1S/C30H25ClI2N2O6S/c1-2-3-11-40-29(38)22-15-21(9-10-23(22)31)34-26(36)16-35-28(37)25(42-30(35)39)13-19-12-20(32)14-24(33)27(19)41-17-18-7-5-4-6-8-18/h4-10,12-15H,2-3,11,16-17H2,1H3,(H,34,36)/b25-13+. The summed E-state index contributed by atoms with van der Waals surface area (Å²) in [5.41, 5.74) is 2.03. The van der Waals surface area contributed by atoms with Gasteiger partial charge in [-0.05, 0) is 105 Å². The molecule has 3 amide bonds. The van der Waals surface area contributed by atoms with Gasteiger partial charge in [0.25, 0.3) is 11.1 Å². The Labute approximate surface area is 279 Å². The molecular formula is C30H25ClI2N2O6S. The largest absolute Gasteiger partial charge is 0.487 e. The minimum Gasteiger partial charge on any atom is -0.487 e. The van der Waals surface area contributed by atoms with Gasteiger partial charge in [-0.15, -0.1) is 0 Å². The summed E-state index contributed by atoms with van der Waals surface area (Å²) in [7, 11) is 0. The van der Waals surface area contributed by atoms with Gasteiger partial charge >= 0.3 is 5.97 Å². The van der Waals surface area contributed by atoms with Crippen LogP contribution in [0.3, 0.4) is 0 Å². The van der Waals surface area contributed by atoms with Crippen molar-refractivity contribution in [3.05, 3.63) is 94.4 Å². The van der Waals surface area contributed by atoms with E-state index in [9.17, 15) is 19.2 Å². The van der Waals surface area contributed by atoms with Crippen LogP contribution in [0.25, 0.3) is 6.08 Å². The van der Waals surface area contributed by atoms with Crippen LogP contribution in [-0.4, -0.2) is 41.1 Å². The van der Waals surface area contributed by atoms with E-state index < -0.39 is 29.6 Å². The number of carbonyl (C=O) groups is 4. The lowest BCUT2D eigenvalue weighted by atomic mass is 10.1. The first kappa shape index (κ1) is 32.3. The number of hydrogen-bond donors (Lipinski definition) is 1. The monoisotopic (exact) mass is 830 g/mol. The van der Waals surface area contributed by atoms with Crippen LogP contribution in [0.5, 0.6) is 5.75 Å². The first-order chi connectivity index (χ1) is 20.2. The molecule has 12 heteroatoms. The van der Waals surface area contributed by atoms with E-state index in [1.165, 1.54) is 18.2 Å². The van der Waals surface area contributed by atoms with E-state index in [-0.39, 0.29) is 27.8 Å². The summed E-state index contributed by atoms with van der Waals surface area (Å²) in [5.74, 6) is -1.20. The molecule has 0 spiro atoms. The number of hydrogen-bond acceptors (Lipinski definition) is 7. The first-order valence-electron chi connectivity index (χ1n) is 12.8. The Balaban J connectivity index is 1.46. The molecule has 1 aliphatic rings. The molecule has 0 atom stereocenters. The number of halogens is 3. The van der Waals surface area contributed by atoms with Crippen molar-refractivity contribution >= 4 is 103 Å². The number of imide groups is 1. The zero-order chi connectivity index (χ0) is 30.2. The molecule has 0 aromatic heterocycles. The van der Waals surface area contributed by atoms with Crippen molar-refractivity contribution in [2.45, 2.75) is 26.4 Å². The van der Waals surface area contributed by atoms with E-state index in [1.54, 1.807) is 6.08 Å². The number of nitrogens with zero attached hydrogens (tertiary/aromatic N) is 1. The van der Waals surface area contributed by atoms with Crippen molar-refractivity contribution in [3.8, 4) is 5.75 Å². The van der Waals surface area contributed by atoms with Gasteiger partial charge in [-0.2, -0.15) is 0 Å². The number of thioether (sulfide) groups is 1. The summed E-state index contributed by atoms with van der Waals surface area (Å²) in [5, 5.41) is 2.24. The molecule has 0 unspecified atom stereocenters. The third-order valence-corrected chi connectivity index (χ3v) is 8.59. The van der Waals surface area contributed by atoms with E-state index in [1.807, 2.05) is 49.4 Å². The van der Waals surface area contributed by atoms with Gasteiger partial charge in [0.15, 0.2) is 0 Å². The van der Waals surface area contributed by atoms with Gasteiger partial charge in [0.05, 0.1) is 25.7 Å². The Morgan fingerprint density at radius 1 is 1.07 bits per heavy atom. The molecule has 1 aliphatic heterocycles. The van der Waals surface area contributed by atoms with Gasteiger partial charge < -0.3 is 14.8 Å². The maximum Gasteiger partial charge on any atom is 0.339 e. The van der Waals surface area contributed by atoms with Crippen LogP contribution in [0, 0.1) is 7.14 Å². The Bertz CT molecular complexity index is 1550. The summed E-state index contributed by atoms with van der Waals surface area (Å²) in [6, 6.07) is 17.9. The lowest BCUT2D eigenvalue weighted by Gasteiger charge is -2.14. The number of rotatable bonds is 11. The number of nitrogens with one attached hydrogen (secondary N) is 1. The molecule has 1 N–H and O–H groups in total. The van der Waals surface area contributed by atoms with Crippen molar-refractivity contribution < 1.29 is 28.7 Å². The van der Waals surface area contributed by atoms with Crippen molar-refractivity contribution in [2.75, 3.05) is 18.5 Å². The van der Waals surface area contributed by atoms with Crippen molar-refractivity contribution in [1.29, 1.82) is 0 Å². The van der Waals surface area contributed by atoms with Gasteiger partial charge in [0, 0.05) is 14.8 Å². The van der Waals surface area contributed by atoms with Gasteiger partial charge in [0.1, 0.15) is 18.9 Å². The lowest BCUT2D eigenvalue weighted by Crippen LogP contribution is -2.36. The maximum absolute atomic E-state index is 13.2. The molecule has 0 saturated carbocycles. The van der Waals surface area contributed by atoms with Crippen molar-refractivity contribution in [1.82, 2.24) is 4.90 Å². The molecule has 1 saturated heterocycles.